The van der Waals surface area contributed by atoms with Gasteiger partial charge in [-0.3, -0.25) is 4.90 Å². The van der Waals surface area contributed by atoms with Gasteiger partial charge < -0.3 is 5.73 Å². The Bertz CT molecular complexity index is 285. The summed E-state index contributed by atoms with van der Waals surface area (Å²) in [6, 6.07) is 0.799. The van der Waals surface area contributed by atoms with Gasteiger partial charge in [-0.05, 0) is 55.5 Å². The summed E-state index contributed by atoms with van der Waals surface area (Å²) in [6.07, 6.45) is 5.09. The highest BCUT2D eigenvalue weighted by atomic mass is 15.2. The van der Waals surface area contributed by atoms with Gasteiger partial charge in [0.05, 0.1) is 0 Å². The minimum absolute atomic E-state index is 0.261. The van der Waals surface area contributed by atoms with Crippen molar-refractivity contribution < 1.29 is 0 Å². The van der Waals surface area contributed by atoms with Gasteiger partial charge in [0.25, 0.3) is 0 Å². The van der Waals surface area contributed by atoms with E-state index in [-0.39, 0.29) is 5.41 Å². The van der Waals surface area contributed by atoms with E-state index in [1.807, 2.05) is 0 Å². The molecule has 0 aromatic rings. The van der Waals surface area contributed by atoms with E-state index in [0.717, 1.165) is 12.3 Å². The molecule has 0 bridgehead atoms. The van der Waals surface area contributed by atoms with Crippen LogP contribution in [0.5, 0.6) is 0 Å². The lowest BCUT2D eigenvalue weighted by Gasteiger charge is -2.43. The van der Waals surface area contributed by atoms with Gasteiger partial charge in [0.2, 0.25) is 0 Å². The first-order valence-electron chi connectivity index (χ1n) is 8.57. The fraction of sp³-hybridized carbons (Fsp3) is 1.00. The molecule has 0 spiro atoms. The van der Waals surface area contributed by atoms with E-state index in [4.69, 9.17) is 5.73 Å². The van der Waals surface area contributed by atoms with Crippen LogP contribution < -0.4 is 5.73 Å². The maximum Gasteiger partial charge on any atom is 0.0295 e. The normalized spacial score (nSPS) is 26.1. The minimum atomic E-state index is 0.261. The van der Waals surface area contributed by atoms with Gasteiger partial charge in [0, 0.05) is 12.1 Å². The topological polar surface area (TPSA) is 29.3 Å². The molecular weight excluding hydrogens is 244 g/mol. The number of rotatable bonds is 3. The summed E-state index contributed by atoms with van der Waals surface area (Å²) in [5.74, 6) is 0.853. The van der Waals surface area contributed by atoms with Crippen LogP contribution in [0.15, 0.2) is 0 Å². The van der Waals surface area contributed by atoms with Crippen molar-refractivity contribution in [2.24, 2.45) is 22.5 Å². The Morgan fingerprint density at radius 2 is 1.65 bits per heavy atom. The molecule has 0 radical (unpaired) electrons. The zero-order valence-corrected chi connectivity index (χ0v) is 15.0. The second-order valence-corrected chi connectivity index (χ2v) is 8.91. The minimum Gasteiger partial charge on any atom is -0.326 e. The molecule has 0 aliphatic carbocycles. The predicted octanol–water partition coefficient (Wildman–Crippen LogP) is 4.29. The van der Waals surface area contributed by atoms with Crippen molar-refractivity contribution in [2.75, 3.05) is 13.1 Å². The van der Waals surface area contributed by atoms with E-state index < -0.39 is 0 Å². The first-order valence-corrected chi connectivity index (χ1v) is 8.57. The first kappa shape index (κ1) is 18.0. The highest BCUT2D eigenvalue weighted by molar-refractivity contribution is 4.92. The SMILES string of the molecule is CCC(N)C(N1CCCC(C(C)(C)C)CC1)C(C)(C)C. The van der Waals surface area contributed by atoms with Gasteiger partial charge in [0.15, 0.2) is 0 Å². The highest BCUT2D eigenvalue weighted by Crippen LogP contribution is 2.36. The van der Waals surface area contributed by atoms with E-state index in [9.17, 15) is 0 Å². The monoisotopic (exact) mass is 282 g/mol. The van der Waals surface area contributed by atoms with E-state index in [1.165, 1.54) is 32.4 Å². The van der Waals surface area contributed by atoms with Crippen molar-refractivity contribution >= 4 is 0 Å². The number of likely N-dealkylation sites (tertiary alicyclic amines) is 1. The van der Waals surface area contributed by atoms with E-state index >= 15 is 0 Å². The molecule has 1 aliphatic rings. The molecule has 0 aromatic heterocycles. The molecule has 1 saturated heterocycles. The summed E-state index contributed by atoms with van der Waals surface area (Å²) in [4.78, 5) is 2.69. The van der Waals surface area contributed by atoms with Crippen molar-refractivity contribution in [3.8, 4) is 0 Å². The average molecular weight is 283 g/mol. The lowest BCUT2D eigenvalue weighted by molar-refractivity contribution is 0.0760. The van der Waals surface area contributed by atoms with Gasteiger partial charge in [-0.1, -0.05) is 48.5 Å². The fourth-order valence-corrected chi connectivity index (χ4v) is 3.95. The molecule has 1 fully saturated rings. The molecule has 1 heterocycles. The number of hydrogen-bond acceptors (Lipinski definition) is 2. The first-order chi connectivity index (χ1) is 9.07. The van der Waals surface area contributed by atoms with Crippen LogP contribution >= 0.6 is 0 Å². The number of nitrogens with two attached hydrogens (primary N) is 1. The van der Waals surface area contributed by atoms with Crippen LogP contribution in [0, 0.1) is 16.7 Å². The Labute approximate surface area is 127 Å². The third-order valence-corrected chi connectivity index (χ3v) is 5.15. The van der Waals surface area contributed by atoms with E-state index in [1.54, 1.807) is 0 Å². The summed E-state index contributed by atoms with van der Waals surface area (Å²) in [6.45, 7) is 18.9. The molecule has 1 aliphatic heterocycles. The molecule has 1 rings (SSSR count). The average Bonchev–Trinajstić information content (AvgIpc) is 2.52. The molecule has 0 aromatic carbocycles. The van der Waals surface area contributed by atoms with Crippen molar-refractivity contribution in [2.45, 2.75) is 86.2 Å². The van der Waals surface area contributed by atoms with Crippen molar-refractivity contribution in [1.82, 2.24) is 4.90 Å². The molecule has 3 atom stereocenters. The van der Waals surface area contributed by atoms with Crippen LogP contribution in [0.4, 0.5) is 0 Å². The summed E-state index contributed by atoms with van der Waals surface area (Å²) in [5, 5.41) is 0. The van der Waals surface area contributed by atoms with Crippen LogP contribution in [0.25, 0.3) is 0 Å². The maximum atomic E-state index is 6.46. The van der Waals surface area contributed by atoms with Crippen molar-refractivity contribution in [3.63, 3.8) is 0 Å². The lowest BCUT2D eigenvalue weighted by Crippen LogP contribution is -2.54. The Balaban J connectivity index is 2.79. The van der Waals surface area contributed by atoms with Gasteiger partial charge in [-0.15, -0.1) is 0 Å². The summed E-state index contributed by atoms with van der Waals surface area (Å²) in [7, 11) is 0. The van der Waals surface area contributed by atoms with Crippen LogP contribution in [0.1, 0.15) is 74.1 Å². The Hall–Kier alpha value is -0.0800. The number of nitrogens with zero attached hydrogens (tertiary/aromatic N) is 1. The molecule has 0 amide bonds. The summed E-state index contributed by atoms with van der Waals surface area (Å²) >= 11 is 0. The Morgan fingerprint density at radius 3 is 2.10 bits per heavy atom. The number of hydrogen-bond donors (Lipinski definition) is 1. The molecule has 0 saturated carbocycles. The van der Waals surface area contributed by atoms with Crippen molar-refractivity contribution in [3.05, 3.63) is 0 Å². The highest BCUT2D eigenvalue weighted by Gasteiger charge is 2.36. The van der Waals surface area contributed by atoms with Gasteiger partial charge in [-0.2, -0.15) is 0 Å². The summed E-state index contributed by atoms with van der Waals surface area (Å²) < 4.78 is 0. The van der Waals surface area contributed by atoms with Gasteiger partial charge >= 0.3 is 0 Å². The molecular formula is C18H38N2. The third-order valence-electron chi connectivity index (χ3n) is 5.15. The van der Waals surface area contributed by atoms with E-state index in [0.29, 0.717) is 17.5 Å². The molecule has 120 valence electrons. The van der Waals surface area contributed by atoms with E-state index in [2.05, 4.69) is 53.4 Å². The lowest BCUT2D eigenvalue weighted by atomic mass is 9.76. The molecule has 3 unspecified atom stereocenters. The maximum absolute atomic E-state index is 6.46. The second kappa shape index (κ2) is 6.79. The quantitative estimate of drug-likeness (QED) is 0.837. The van der Waals surface area contributed by atoms with Gasteiger partial charge in [0.1, 0.15) is 0 Å². The zero-order valence-electron chi connectivity index (χ0n) is 15.0. The van der Waals surface area contributed by atoms with Crippen LogP contribution in [-0.2, 0) is 0 Å². The zero-order chi connectivity index (χ0) is 15.6. The van der Waals surface area contributed by atoms with Gasteiger partial charge in [-0.25, -0.2) is 0 Å². The molecule has 2 heteroatoms. The Kier molecular flexibility index (Phi) is 6.10. The fourth-order valence-electron chi connectivity index (χ4n) is 3.95. The second-order valence-electron chi connectivity index (χ2n) is 8.91. The third kappa shape index (κ3) is 4.73. The van der Waals surface area contributed by atoms with Crippen LogP contribution in [-0.4, -0.2) is 30.1 Å². The largest absolute Gasteiger partial charge is 0.326 e. The van der Waals surface area contributed by atoms with Crippen LogP contribution in [0.2, 0.25) is 0 Å². The Morgan fingerprint density at radius 1 is 1.05 bits per heavy atom. The molecule has 20 heavy (non-hydrogen) atoms. The molecule has 2 N–H and O–H groups in total. The summed E-state index contributed by atoms with van der Waals surface area (Å²) in [5.41, 5.74) is 7.17. The smallest absolute Gasteiger partial charge is 0.0295 e. The predicted molar refractivity (Wildman–Crippen MR) is 89.9 cm³/mol. The molecule has 2 nitrogen and oxygen atoms in total. The van der Waals surface area contributed by atoms with Crippen molar-refractivity contribution in [1.29, 1.82) is 0 Å². The standard InChI is InChI=1S/C18H38N2/c1-8-15(19)16(18(5,6)7)20-12-9-10-14(11-13-20)17(2,3)4/h14-16H,8-13,19H2,1-7H3. The van der Waals surface area contributed by atoms with Crippen LogP contribution in [0.3, 0.4) is 0 Å².